The molecule has 0 spiro atoms. The first-order valence-electron chi connectivity index (χ1n) is 4.87. The molecule has 0 bridgehead atoms. The van der Waals surface area contributed by atoms with E-state index < -0.39 is 41.9 Å². The molecule has 3 nitrogen and oxygen atoms in total. The van der Waals surface area contributed by atoms with E-state index in [1.54, 1.807) is 0 Å². The Bertz CT molecular complexity index is 434. The second kappa shape index (κ2) is 5.18. The minimum absolute atomic E-state index is 0.260. The van der Waals surface area contributed by atoms with Gasteiger partial charge in [-0.2, -0.15) is 0 Å². The van der Waals surface area contributed by atoms with E-state index in [1.165, 1.54) is 6.92 Å². The van der Waals surface area contributed by atoms with E-state index in [0.29, 0.717) is 12.1 Å². The third-order valence-corrected chi connectivity index (χ3v) is 2.49. The van der Waals surface area contributed by atoms with Gasteiger partial charge in [-0.25, -0.2) is 13.2 Å². The predicted molar refractivity (Wildman–Crippen MR) is 52.8 cm³/mol. The van der Waals surface area contributed by atoms with Crippen LogP contribution in [0.4, 0.5) is 13.2 Å². The molecule has 2 unspecified atom stereocenters. The Labute approximate surface area is 95.5 Å². The Morgan fingerprint density at radius 1 is 1.24 bits per heavy atom. The maximum atomic E-state index is 13.2. The lowest BCUT2D eigenvalue weighted by molar-refractivity contribution is -0.144. The van der Waals surface area contributed by atoms with Gasteiger partial charge in [0.15, 0.2) is 11.6 Å². The molecule has 0 aromatic heterocycles. The molecule has 94 valence electrons. The standard InChI is InChI=1S/C11H11F3O3/c1-5(11(16)17)10(15)3-6-2-8(13)9(14)4-7(6)12/h2,4-5,10,15H,3H2,1H3,(H,16,17). The van der Waals surface area contributed by atoms with Crippen LogP contribution in [0.1, 0.15) is 12.5 Å². The van der Waals surface area contributed by atoms with Crippen LogP contribution in [0.2, 0.25) is 0 Å². The molecule has 0 aliphatic heterocycles. The number of benzene rings is 1. The summed E-state index contributed by atoms with van der Waals surface area (Å²) < 4.78 is 38.6. The number of halogens is 3. The minimum atomic E-state index is -1.37. The van der Waals surface area contributed by atoms with Crippen LogP contribution in [0.25, 0.3) is 0 Å². The Balaban J connectivity index is 2.88. The number of rotatable bonds is 4. The van der Waals surface area contributed by atoms with Gasteiger partial charge >= 0.3 is 5.97 Å². The first kappa shape index (κ1) is 13.5. The molecule has 0 radical (unpaired) electrons. The average Bonchev–Trinajstić information content (AvgIpc) is 2.24. The van der Waals surface area contributed by atoms with Crippen molar-refractivity contribution in [1.29, 1.82) is 0 Å². The summed E-state index contributed by atoms with van der Waals surface area (Å²) >= 11 is 0. The summed E-state index contributed by atoms with van der Waals surface area (Å²) in [7, 11) is 0. The van der Waals surface area contributed by atoms with Gasteiger partial charge in [-0.3, -0.25) is 4.79 Å². The molecule has 0 saturated heterocycles. The van der Waals surface area contributed by atoms with Crippen molar-refractivity contribution in [2.45, 2.75) is 19.4 Å². The van der Waals surface area contributed by atoms with E-state index in [4.69, 9.17) is 5.11 Å². The van der Waals surface area contributed by atoms with Crippen molar-refractivity contribution in [2.24, 2.45) is 5.92 Å². The maximum absolute atomic E-state index is 13.2. The first-order valence-corrected chi connectivity index (χ1v) is 4.87. The van der Waals surface area contributed by atoms with Crippen LogP contribution in [0.15, 0.2) is 12.1 Å². The van der Waals surface area contributed by atoms with Crippen molar-refractivity contribution in [3.63, 3.8) is 0 Å². The van der Waals surface area contributed by atoms with Crippen molar-refractivity contribution >= 4 is 5.97 Å². The molecule has 1 rings (SSSR count). The van der Waals surface area contributed by atoms with Gasteiger partial charge in [0.25, 0.3) is 0 Å². The summed E-state index contributed by atoms with van der Waals surface area (Å²) in [6.07, 6.45) is -1.76. The zero-order valence-electron chi connectivity index (χ0n) is 8.95. The number of carbonyl (C=O) groups is 1. The van der Waals surface area contributed by atoms with E-state index in [9.17, 15) is 23.1 Å². The van der Waals surface area contributed by atoms with Crippen molar-refractivity contribution < 1.29 is 28.2 Å². The second-order valence-electron chi connectivity index (χ2n) is 3.76. The number of aliphatic hydroxyl groups excluding tert-OH is 1. The van der Waals surface area contributed by atoms with Gasteiger partial charge in [-0.15, -0.1) is 0 Å². The lowest BCUT2D eigenvalue weighted by atomic mass is 9.97. The lowest BCUT2D eigenvalue weighted by Gasteiger charge is -2.15. The van der Waals surface area contributed by atoms with Gasteiger partial charge in [-0.1, -0.05) is 0 Å². The van der Waals surface area contributed by atoms with E-state index in [-0.39, 0.29) is 5.56 Å². The Morgan fingerprint density at radius 3 is 2.29 bits per heavy atom. The third kappa shape index (κ3) is 3.20. The molecular formula is C11H11F3O3. The molecule has 2 N–H and O–H groups in total. The molecule has 2 atom stereocenters. The summed E-state index contributed by atoms with van der Waals surface area (Å²) in [6.45, 7) is 1.24. The first-order chi connectivity index (χ1) is 7.82. The molecule has 0 saturated carbocycles. The minimum Gasteiger partial charge on any atom is -0.481 e. The highest BCUT2D eigenvalue weighted by Gasteiger charge is 2.23. The van der Waals surface area contributed by atoms with Crippen molar-refractivity contribution in [1.82, 2.24) is 0 Å². The van der Waals surface area contributed by atoms with Crippen LogP contribution in [-0.2, 0) is 11.2 Å². The molecule has 0 aliphatic carbocycles. The SMILES string of the molecule is CC(C(=O)O)C(O)Cc1cc(F)c(F)cc1F. The molecule has 6 heteroatoms. The van der Waals surface area contributed by atoms with Gasteiger partial charge in [0.1, 0.15) is 5.82 Å². The van der Waals surface area contributed by atoms with Gasteiger partial charge in [0.2, 0.25) is 0 Å². The summed E-state index contributed by atoms with van der Waals surface area (Å²) in [5.41, 5.74) is -0.260. The quantitative estimate of drug-likeness (QED) is 0.798. The third-order valence-electron chi connectivity index (χ3n) is 2.49. The van der Waals surface area contributed by atoms with Crippen LogP contribution in [0.5, 0.6) is 0 Å². The largest absolute Gasteiger partial charge is 0.481 e. The topological polar surface area (TPSA) is 57.5 Å². The molecule has 0 heterocycles. The van der Waals surface area contributed by atoms with Crippen molar-refractivity contribution in [3.8, 4) is 0 Å². The van der Waals surface area contributed by atoms with Crippen LogP contribution in [0.3, 0.4) is 0 Å². The van der Waals surface area contributed by atoms with Crippen LogP contribution in [-0.4, -0.2) is 22.3 Å². The highest BCUT2D eigenvalue weighted by Crippen LogP contribution is 2.17. The Morgan fingerprint density at radius 2 is 1.76 bits per heavy atom. The molecule has 1 aromatic rings. The molecule has 17 heavy (non-hydrogen) atoms. The molecular weight excluding hydrogens is 237 g/mol. The smallest absolute Gasteiger partial charge is 0.308 e. The van der Waals surface area contributed by atoms with Gasteiger partial charge < -0.3 is 10.2 Å². The highest BCUT2D eigenvalue weighted by molar-refractivity contribution is 5.70. The number of carboxylic acid groups (broad SMARTS) is 1. The summed E-state index contributed by atoms with van der Waals surface area (Å²) in [4.78, 5) is 10.5. The lowest BCUT2D eigenvalue weighted by Crippen LogP contribution is -2.27. The highest BCUT2D eigenvalue weighted by atomic mass is 19.2. The number of carboxylic acids is 1. The normalized spacial score (nSPS) is 14.4. The van der Waals surface area contributed by atoms with Crippen molar-refractivity contribution in [2.75, 3.05) is 0 Å². The number of hydrogen-bond acceptors (Lipinski definition) is 2. The van der Waals surface area contributed by atoms with Crippen LogP contribution < -0.4 is 0 Å². The zero-order valence-corrected chi connectivity index (χ0v) is 8.95. The molecule has 0 aliphatic rings. The fraction of sp³-hybridized carbons (Fsp3) is 0.364. The monoisotopic (exact) mass is 248 g/mol. The molecule has 0 fully saturated rings. The summed E-state index contributed by atoms with van der Waals surface area (Å²) in [6, 6.07) is 0.977. The van der Waals surface area contributed by atoms with E-state index in [2.05, 4.69) is 0 Å². The van der Waals surface area contributed by atoms with Crippen LogP contribution in [0, 0.1) is 23.4 Å². The number of aliphatic hydroxyl groups is 1. The molecule has 0 amide bonds. The van der Waals surface area contributed by atoms with Crippen LogP contribution >= 0.6 is 0 Å². The Hall–Kier alpha value is -1.56. The zero-order chi connectivity index (χ0) is 13.2. The van der Waals surface area contributed by atoms with E-state index >= 15 is 0 Å². The second-order valence-corrected chi connectivity index (χ2v) is 3.76. The fourth-order valence-electron chi connectivity index (χ4n) is 1.29. The average molecular weight is 248 g/mol. The van der Waals surface area contributed by atoms with E-state index in [0.717, 1.165) is 0 Å². The molecule has 1 aromatic carbocycles. The van der Waals surface area contributed by atoms with Gasteiger partial charge in [0, 0.05) is 12.5 Å². The fourth-order valence-corrected chi connectivity index (χ4v) is 1.29. The van der Waals surface area contributed by atoms with Gasteiger partial charge in [-0.05, 0) is 18.6 Å². The number of aliphatic carboxylic acids is 1. The predicted octanol–water partition coefficient (Wildman–Crippen LogP) is 1.73. The maximum Gasteiger partial charge on any atom is 0.308 e. The van der Waals surface area contributed by atoms with E-state index in [1.807, 2.05) is 0 Å². The Kier molecular flexibility index (Phi) is 4.11. The van der Waals surface area contributed by atoms with Crippen molar-refractivity contribution in [3.05, 3.63) is 35.1 Å². The number of hydrogen-bond donors (Lipinski definition) is 2. The summed E-state index contributed by atoms with van der Waals surface area (Å²) in [5, 5.41) is 18.1. The van der Waals surface area contributed by atoms with Gasteiger partial charge in [0.05, 0.1) is 12.0 Å². The summed E-state index contributed by atoms with van der Waals surface area (Å²) in [5.74, 6) is -5.95.